The minimum Gasteiger partial charge on any atom is -0.508 e. The number of aryl methyl sites for hydroxylation is 1. The van der Waals surface area contributed by atoms with Gasteiger partial charge in [-0.2, -0.15) is 0 Å². The largest absolute Gasteiger partial charge is 0.508 e. The molecule has 3 rings (SSSR count). The first-order valence-corrected chi connectivity index (χ1v) is 9.59. The quantitative estimate of drug-likeness (QED) is 0.791. The molecule has 1 saturated heterocycles. The van der Waals surface area contributed by atoms with Gasteiger partial charge in [-0.05, 0) is 54.0 Å². The van der Waals surface area contributed by atoms with Gasteiger partial charge in [0.05, 0.1) is 6.61 Å². The van der Waals surface area contributed by atoms with Crippen LogP contribution >= 0.6 is 0 Å². The number of phenols is 1. The van der Waals surface area contributed by atoms with Crippen LogP contribution in [0.2, 0.25) is 0 Å². The average Bonchev–Trinajstić information content (AvgIpc) is 2.72. The third-order valence-corrected chi connectivity index (χ3v) is 5.34. The van der Waals surface area contributed by atoms with Crippen LogP contribution in [-0.2, 0) is 17.8 Å². The van der Waals surface area contributed by atoms with E-state index in [4.69, 9.17) is 5.11 Å². The molecule has 0 aromatic heterocycles. The van der Waals surface area contributed by atoms with Crippen LogP contribution < -0.4 is 0 Å². The monoisotopic (exact) mass is 365 g/mol. The summed E-state index contributed by atoms with van der Waals surface area (Å²) in [7, 11) is 0. The van der Waals surface area contributed by atoms with E-state index in [9.17, 15) is 9.90 Å². The van der Waals surface area contributed by atoms with Crippen molar-refractivity contribution in [1.29, 1.82) is 0 Å². The molecule has 0 aliphatic carbocycles. The second-order valence-corrected chi connectivity index (χ2v) is 7.08. The molecule has 2 N–H and O–H groups in total. The molecule has 2 aromatic carbocycles. The van der Waals surface area contributed by atoms with Gasteiger partial charge in [0.1, 0.15) is 5.75 Å². The van der Waals surface area contributed by atoms with E-state index in [-0.39, 0.29) is 18.3 Å². The molecule has 142 valence electrons. The van der Waals surface area contributed by atoms with E-state index < -0.39 is 0 Å². The Bertz CT molecular complexity index is 820. The highest BCUT2D eigenvalue weighted by Gasteiger charge is 2.22. The Morgan fingerprint density at radius 1 is 1.19 bits per heavy atom. The molecule has 0 spiro atoms. The molecular formula is C23H27NO3. The lowest BCUT2D eigenvalue weighted by Gasteiger charge is -2.31. The van der Waals surface area contributed by atoms with Crippen LogP contribution in [0.25, 0.3) is 6.08 Å². The zero-order valence-corrected chi connectivity index (χ0v) is 15.8. The molecule has 1 aliphatic rings. The third-order valence-electron chi connectivity index (χ3n) is 5.34. The summed E-state index contributed by atoms with van der Waals surface area (Å²) in [5, 5.41) is 18.9. The first-order valence-electron chi connectivity index (χ1n) is 9.59. The van der Waals surface area contributed by atoms with Crippen LogP contribution in [0.3, 0.4) is 0 Å². The van der Waals surface area contributed by atoms with Gasteiger partial charge in [-0.1, -0.05) is 43.3 Å². The zero-order valence-electron chi connectivity index (χ0n) is 15.8. The van der Waals surface area contributed by atoms with E-state index in [1.807, 2.05) is 4.90 Å². The minimum absolute atomic E-state index is 0.00137. The third kappa shape index (κ3) is 4.77. The number of nitrogens with zero attached hydrogens (tertiary/aromatic N) is 1. The molecule has 27 heavy (non-hydrogen) atoms. The maximum absolute atomic E-state index is 12.5. The predicted molar refractivity (Wildman–Crippen MR) is 107 cm³/mol. The van der Waals surface area contributed by atoms with Crippen molar-refractivity contribution in [3.05, 3.63) is 70.8 Å². The van der Waals surface area contributed by atoms with Crippen molar-refractivity contribution in [3.8, 4) is 5.75 Å². The Kier molecular flexibility index (Phi) is 6.30. The van der Waals surface area contributed by atoms with Gasteiger partial charge < -0.3 is 15.1 Å². The van der Waals surface area contributed by atoms with Crippen LogP contribution in [0.4, 0.5) is 0 Å². The summed E-state index contributed by atoms with van der Waals surface area (Å²) in [6.45, 7) is 3.49. The first kappa shape index (κ1) is 19.2. The van der Waals surface area contributed by atoms with Gasteiger partial charge >= 0.3 is 0 Å². The van der Waals surface area contributed by atoms with Gasteiger partial charge in [0.25, 0.3) is 0 Å². The van der Waals surface area contributed by atoms with Crippen molar-refractivity contribution in [3.63, 3.8) is 0 Å². The highest BCUT2D eigenvalue weighted by Crippen LogP contribution is 2.29. The maximum atomic E-state index is 12.5. The fourth-order valence-electron chi connectivity index (χ4n) is 3.59. The molecule has 0 bridgehead atoms. The Morgan fingerprint density at radius 2 is 1.96 bits per heavy atom. The number of aliphatic hydroxyl groups excluding tert-OH is 1. The Balaban J connectivity index is 1.57. The van der Waals surface area contributed by atoms with Gasteiger partial charge in [0.2, 0.25) is 5.91 Å². The van der Waals surface area contributed by atoms with Crippen molar-refractivity contribution < 1.29 is 15.0 Å². The van der Waals surface area contributed by atoms with Gasteiger partial charge in [-0.3, -0.25) is 4.79 Å². The van der Waals surface area contributed by atoms with E-state index in [1.165, 1.54) is 11.1 Å². The van der Waals surface area contributed by atoms with E-state index in [0.29, 0.717) is 11.5 Å². The fraction of sp³-hybridized carbons (Fsp3) is 0.348. The summed E-state index contributed by atoms with van der Waals surface area (Å²) in [4.78, 5) is 14.3. The van der Waals surface area contributed by atoms with Crippen LogP contribution in [0.5, 0.6) is 5.75 Å². The highest BCUT2D eigenvalue weighted by atomic mass is 16.3. The summed E-state index contributed by atoms with van der Waals surface area (Å²) < 4.78 is 0. The summed E-state index contributed by atoms with van der Waals surface area (Å²) in [6.07, 6.45) is 6.29. The maximum Gasteiger partial charge on any atom is 0.246 e. The molecule has 1 aliphatic heterocycles. The van der Waals surface area contributed by atoms with Crippen LogP contribution in [0, 0.1) is 0 Å². The lowest BCUT2D eigenvalue weighted by Crippen LogP contribution is -2.36. The Morgan fingerprint density at radius 3 is 2.63 bits per heavy atom. The summed E-state index contributed by atoms with van der Waals surface area (Å²) in [5.74, 6) is 0.566. The molecule has 4 heteroatoms. The van der Waals surface area contributed by atoms with Gasteiger partial charge in [-0.15, -0.1) is 0 Å². The summed E-state index contributed by atoms with van der Waals surface area (Å²) in [5.41, 5.74) is 3.97. The SMILES string of the molecule is CCc1cccc(C2CCN(C(=O)/C=C/c3ccc(CO)c(O)c3)CC2)c1. The molecule has 0 atom stereocenters. The van der Waals surface area contributed by atoms with Crippen molar-refractivity contribution in [2.24, 2.45) is 0 Å². The van der Waals surface area contributed by atoms with Gasteiger partial charge in [-0.25, -0.2) is 0 Å². The molecule has 1 fully saturated rings. The lowest BCUT2D eigenvalue weighted by atomic mass is 9.88. The number of rotatable bonds is 5. The predicted octanol–water partition coefficient (Wildman–Crippen LogP) is 3.87. The number of likely N-dealkylation sites (tertiary alicyclic amines) is 1. The Hall–Kier alpha value is -2.59. The standard InChI is InChI=1S/C23H27NO3/c1-2-17-4-3-5-20(14-17)19-10-12-24(13-11-19)23(27)9-7-18-6-8-21(16-25)22(26)15-18/h3-9,14-15,19,25-26H,2,10-13,16H2,1H3/b9-7+. The van der Waals surface area contributed by atoms with Crippen molar-refractivity contribution in [1.82, 2.24) is 4.90 Å². The number of amides is 1. The fourth-order valence-corrected chi connectivity index (χ4v) is 3.59. The molecule has 4 nitrogen and oxygen atoms in total. The minimum atomic E-state index is -0.204. The lowest BCUT2D eigenvalue weighted by molar-refractivity contribution is -0.126. The van der Waals surface area contributed by atoms with E-state index in [1.54, 1.807) is 30.4 Å². The molecular weight excluding hydrogens is 338 g/mol. The van der Waals surface area contributed by atoms with Gasteiger partial charge in [0.15, 0.2) is 0 Å². The normalized spacial score (nSPS) is 15.4. The second kappa shape index (κ2) is 8.87. The van der Waals surface area contributed by atoms with Crippen LogP contribution in [0.1, 0.15) is 47.9 Å². The van der Waals surface area contributed by atoms with Crippen molar-refractivity contribution in [2.45, 2.75) is 38.7 Å². The molecule has 1 heterocycles. The first-order chi connectivity index (χ1) is 13.1. The van der Waals surface area contributed by atoms with Crippen molar-refractivity contribution >= 4 is 12.0 Å². The van der Waals surface area contributed by atoms with Crippen molar-refractivity contribution in [2.75, 3.05) is 13.1 Å². The number of carbonyl (C=O) groups excluding carboxylic acids is 1. The molecule has 2 aromatic rings. The average molecular weight is 365 g/mol. The molecule has 1 amide bonds. The number of piperidine rings is 1. The zero-order chi connectivity index (χ0) is 19.2. The van der Waals surface area contributed by atoms with E-state index in [2.05, 4.69) is 31.2 Å². The molecule has 0 radical (unpaired) electrons. The number of aliphatic hydroxyl groups is 1. The number of aromatic hydroxyl groups is 1. The molecule has 0 unspecified atom stereocenters. The Labute approximate surface area is 160 Å². The molecule has 0 saturated carbocycles. The summed E-state index contributed by atoms with van der Waals surface area (Å²) >= 11 is 0. The van der Waals surface area contributed by atoms with E-state index >= 15 is 0 Å². The van der Waals surface area contributed by atoms with Gasteiger partial charge in [0, 0.05) is 24.7 Å². The van der Waals surface area contributed by atoms with E-state index in [0.717, 1.165) is 37.9 Å². The number of benzene rings is 2. The van der Waals surface area contributed by atoms with Crippen LogP contribution in [-0.4, -0.2) is 34.1 Å². The smallest absolute Gasteiger partial charge is 0.246 e. The topological polar surface area (TPSA) is 60.8 Å². The number of hydrogen-bond donors (Lipinski definition) is 2. The summed E-state index contributed by atoms with van der Waals surface area (Å²) in [6, 6.07) is 13.8. The number of hydrogen-bond acceptors (Lipinski definition) is 3. The van der Waals surface area contributed by atoms with Crippen LogP contribution in [0.15, 0.2) is 48.5 Å². The number of carbonyl (C=O) groups is 1. The highest BCUT2D eigenvalue weighted by molar-refractivity contribution is 5.91. The second-order valence-electron chi connectivity index (χ2n) is 7.08.